The van der Waals surface area contributed by atoms with Crippen LogP contribution in [0.3, 0.4) is 0 Å². The Hall–Kier alpha value is -0.580. The van der Waals surface area contributed by atoms with Gasteiger partial charge in [-0.1, -0.05) is 22.4 Å². The third-order valence-corrected chi connectivity index (χ3v) is 4.34. The lowest BCUT2D eigenvalue weighted by Crippen LogP contribution is -2.37. The lowest BCUT2D eigenvalue weighted by Gasteiger charge is -2.34. The van der Waals surface area contributed by atoms with E-state index in [1.54, 1.807) is 7.11 Å². The second-order valence-electron chi connectivity index (χ2n) is 4.74. The predicted octanol–water partition coefficient (Wildman–Crippen LogP) is 2.94. The number of likely N-dealkylation sites (tertiary alicyclic amines) is 1. The molecule has 0 aliphatic carbocycles. The molecule has 100 valence electrons. The van der Waals surface area contributed by atoms with Crippen molar-refractivity contribution in [2.75, 3.05) is 26.7 Å². The number of ether oxygens (including phenoxy) is 1. The van der Waals surface area contributed by atoms with Crippen molar-refractivity contribution >= 4 is 15.9 Å². The monoisotopic (exact) mass is 312 g/mol. The van der Waals surface area contributed by atoms with Crippen molar-refractivity contribution in [1.29, 1.82) is 0 Å². The molecule has 2 N–H and O–H groups in total. The Morgan fingerprint density at radius 3 is 2.67 bits per heavy atom. The Kier molecular flexibility index (Phi) is 5.03. The molecule has 0 bridgehead atoms. The second kappa shape index (κ2) is 6.55. The highest BCUT2D eigenvalue weighted by atomic mass is 79.9. The summed E-state index contributed by atoms with van der Waals surface area (Å²) in [7, 11) is 1.70. The van der Waals surface area contributed by atoms with Crippen molar-refractivity contribution in [3.8, 4) is 5.75 Å². The number of hydrogen-bond donors (Lipinski definition) is 1. The molecule has 1 aromatic carbocycles. The molecule has 4 heteroatoms. The summed E-state index contributed by atoms with van der Waals surface area (Å²) >= 11 is 3.63. The van der Waals surface area contributed by atoms with Gasteiger partial charge in [0.25, 0.3) is 0 Å². The number of piperidine rings is 1. The molecule has 0 spiro atoms. The third-order valence-electron chi connectivity index (χ3n) is 3.62. The molecule has 0 amide bonds. The van der Waals surface area contributed by atoms with Gasteiger partial charge in [-0.05, 0) is 49.7 Å². The summed E-state index contributed by atoms with van der Waals surface area (Å²) in [6.45, 7) is 2.93. The number of nitrogens with two attached hydrogens (primary N) is 1. The molecule has 0 saturated carbocycles. The molecule has 18 heavy (non-hydrogen) atoms. The zero-order valence-corrected chi connectivity index (χ0v) is 12.4. The number of benzene rings is 1. The molecule has 2 rings (SSSR count). The van der Waals surface area contributed by atoms with Crippen molar-refractivity contribution in [3.05, 3.63) is 28.2 Å². The molecular formula is C14H21BrN2O. The highest BCUT2D eigenvalue weighted by Gasteiger charge is 2.23. The minimum absolute atomic E-state index is 0.287. The van der Waals surface area contributed by atoms with Gasteiger partial charge >= 0.3 is 0 Å². The Morgan fingerprint density at radius 1 is 1.33 bits per heavy atom. The van der Waals surface area contributed by atoms with Gasteiger partial charge in [0.15, 0.2) is 0 Å². The molecular weight excluding hydrogens is 292 g/mol. The van der Waals surface area contributed by atoms with Crippen molar-refractivity contribution in [2.45, 2.75) is 25.3 Å². The van der Waals surface area contributed by atoms with E-state index in [0.717, 1.165) is 23.3 Å². The summed E-state index contributed by atoms with van der Waals surface area (Å²) in [5.74, 6) is 0.892. The van der Waals surface area contributed by atoms with Gasteiger partial charge in [-0.3, -0.25) is 4.90 Å². The van der Waals surface area contributed by atoms with E-state index in [4.69, 9.17) is 10.5 Å². The van der Waals surface area contributed by atoms with Gasteiger partial charge in [0.05, 0.1) is 7.11 Å². The largest absolute Gasteiger partial charge is 0.497 e. The Labute approximate surface area is 117 Å². The SMILES string of the molecule is COc1ccc(Br)c(C(CN)N2CCCCC2)c1. The van der Waals surface area contributed by atoms with Crippen LogP contribution in [-0.4, -0.2) is 31.6 Å². The maximum absolute atomic E-state index is 5.99. The van der Waals surface area contributed by atoms with E-state index in [-0.39, 0.29) is 6.04 Å². The highest BCUT2D eigenvalue weighted by molar-refractivity contribution is 9.10. The fraction of sp³-hybridized carbons (Fsp3) is 0.571. The first-order chi connectivity index (χ1) is 8.76. The van der Waals surface area contributed by atoms with Crippen molar-refractivity contribution < 1.29 is 4.74 Å². The van der Waals surface area contributed by atoms with Crippen LogP contribution in [0.5, 0.6) is 5.75 Å². The van der Waals surface area contributed by atoms with E-state index in [9.17, 15) is 0 Å². The summed E-state index contributed by atoms with van der Waals surface area (Å²) in [6.07, 6.45) is 3.89. The van der Waals surface area contributed by atoms with Gasteiger partial charge in [-0.2, -0.15) is 0 Å². The van der Waals surface area contributed by atoms with Gasteiger partial charge in [0, 0.05) is 17.1 Å². The Balaban J connectivity index is 2.25. The number of hydrogen-bond acceptors (Lipinski definition) is 3. The van der Waals surface area contributed by atoms with Gasteiger partial charge in [0.1, 0.15) is 5.75 Å². The quantitative estimate of drug-likeness (QED) is 0.929. The number of methoxy groups -OCH3 is 1. The molecule has 0 aromatic heterocycles. The highest BCUT2D eigenvalue weighted by Crippen LogP contribution is 2.32. The number of rotatable bonds is 4. The zero-order valence-electron chi connectivity index (χ0n) is 10.9. The first-order valence-corrected chi connectivity index (χ1v) is 7.33. The maximum Gasteiger partial charge on any atom is 0.119 e. The van der Waals surface area contributed by atoms with Crippen LogP contribution in [0.2, 0.25) is 0 Å². The number of halogens is 1. The van der Waals surface area contributed by atoms with Crippen LogP contribution in [-0.2, 0) is 0 Å². The van der Waals surface area contributed by atoms with Crippen molar-refractivity contribution in [3.63, 3.8) is 0 Å². The average molecular weight is 313 g/mol. The van der Waals surface area contributed by atoms with E-state index in [2.05, 4.69) is 26.9 Å². The summed E-state index contributed by atoms with van der Waals surface area (Å²) in [5.41, 5.74) is 7.23. The van der Waals surface area contributed by atoms with Crippen LogP contribution in [0.4, 0.5) is 0 Å². The lowest BCUT2D eigenvalue weighted by molar-refractivity contribution is 0.167. The Morgan fingerprint density at radius 2 is 2.06 bits per heavy atom. The van der Waals surface area contributed by atoms with Gasteiger partial charge in [-0.15, -0.1) is 0 Å². The lowest BCUT2D eigenvalue weighted by atomic mass is 10.0. The molecule has 1 atom stereocenters. The summed E-state index contributed by atoms with van der Waals surface area (Å²) in [4.78, 5) is 2.49. The fourth-order valence-corrected chi connectivity index (χ4v) is 3.12. The van der Waals surface area contributed by atoms with Gasteiger partial charge in [-0.25, -0.2) is 0 Å². The van der Waals surface area contributed by atoms with Crippen LogP contribution in [0, 0.1) is 0 Å². The molecule has 1 heterocycles. The average Bonchev–Trinajstić information content (AvgIpc) is 2.43. The first-order valence-electron chi connectivity index (χ1n) is 6.54. The van der Waals surface area contributed by atoms with E-state index in [1.807, 2.05) is 12.1 Å². The molecule has 1 aliphatic heterocycles. The summed E-state index contributed by atoms with van der Waals surface area (Å²) in [6, 6.07) is 6.39. The van der Waals surface area contributed by atoms with Crippen LogP contribution in [0.25, 0.3) is 0 Å². The minimum Gasteiger partial charge on any atom is -0.497 e. The predicted molar refractivity (Wildman–Crippen MR) is 77.9 cm³/mol. The molecule has 1 fully saturated rings. The van der Waals surface area contributed by atoms with Crippen LogP contribution in [0.15, 0.2) is 22.7 Å². The number of nitrogens with zero attached hydrogens (tertiary/aromatic N) is 1. The van der Waals surface area contributed by atoms with Crippen molar-refractivity contribution in [1.82, 2.24) is 4.90 Å². The van der Waals surface area contributed by atoms with E-state index >= 15 is 0 Å². The zero-order chi connectivity index (χ0) is 13.0. The molecule has 3 nitrogen and oxygen atoms in total. The van der Waals surface area contributed by atoms with E-state index in [0.29, 0.717) is 6.54 Å². The van der Waals surface area contributed by atoms with Crippen LogP contribution >= 0.6 is 15.9 Å². The third kappa shape index (κ3) is 3.05. The minimum atomic E-state index is 0.287. The fourth-order valence-electron chi connectivity index (χ4n) is 2.61. The van der Waals surface area contributed by atoms with E-state index < -0.39 is 0 Å². The Bertz CT molecular complexity index is 391. The van der Waals surface area contributed by atoms with Gasteiger partial charge < -0.3 is 10.5 Å². The smallest absolute Gasteiger partial charge is 0.119 e. The van der Waals surface area contributed by atoms with E-state index in [1.165, 1.54) is 24.8 Å². The molecule has 1 aliphatic rings. The molecule has 1 aromatic rings. The first kappa shape index (κ1) is 13.8. The second-order valence-corrected chi connectivity index (χ2v) is 5.59. The topological polar surface area (TPSA) is 38.5 Å². The summed E-state index contributed by atoms with van der Waals surface area (Å²) < 4.78 is 6.43. The normalized spacial score (nSPS) is 18.6. The molecule has 0 radical (unpaired) electrons. The van der Waals surface area contributed by atoms with Crippen molar-refractivity contribution in [2.24, 2.45) is 5.73 Å². The van der Waals surface area contributed by atoms with Gasteiger partial charge in [0.2, 0.25) is 0 Å². The summed E-state index contributed by atoms with van der Waals surface area (Å²) in [5, 5.41) is 0. The molecule has 1 unspecified atom stereocenters. The van der Waals surface area contributed by atoms with Crippen LogP contribution in [0.1, 0.15) is 30.9 Å². The standard InChI is InChI=1S/C14H21BrN2O/c1-18-11-5-6-13(15)12(9-11)14(10-16)17-7-3-2-4-8-17/h5-6,9,14H,2-4,7-8,10,16H2,1H3. The molecule has 1 saturated heterocycles. The maximum atomic E-state index is 5.99. The van der Waals surface area contributed by atoms with Crippen LogP contribution < -0.4 is 10.5 Å².